The average Bonchev–Trinajstić information content (AvgIpc) is 3.22. The van der Waals surface area contributed by atoms with Gasteiger partial charge in [-0.15, -0.1) is 0 Å². The van der Waals surface area contributed by atoms with E-state index in [0.29, 0.717) is 18.1 Å². The first-order chi connectivity index (χ1) is 13.1. The lowest BCUT2D eigenvalue weighted by atomic mass is 9.77. The van der Waals surface area contributed by atoms with Gasteiger partial charge in [0.05, 0.1) is 22.6 Å². The summed E-state index contributed by atoms with van der Waals surface area (Å²) in [6.07, 6.45) is 0.660. The van der Waals surface area contributed by atoms with Gasteiger partial charge in [-0.2, -0.15) is 5.10 Å². The molecule has 27 heavy (non-hydrogen) atoms. The van der Waals surface area contributed by atoms with Gasteiger partial charge in [0.15, 0.2) is 0 Å². The average molecular weight is 377 g/mol. The number of hydrogen-bond donors (Lipinski definition) is 0. The zero-order valence-corrected chi connectivity index (χ0v) is 15.5. The number of rotatable bonds is 2. The summed E-state index contributed by atoms with van der Waals surface area (Å²) in [4.78, 5) is 12.6. The molecule has 0 amide bonds. The summed E-state index contributed by atoms with van der Waals surface area (Å²) < 4.78 is 7.38. The van der Waals surface area contributed by atoms with Gasteiger partial charge in [-0.3, -0.25) is 0 Å². The highest BCUT2D eigenvalue weighted by atomic mass is 35.5. The van der Waals surface area contributed by atoms with Gasteiger partial charge in [0, 0.05) is 22.9 Å². The molecule has 0 saturated carbocycles. The third-order valence-corrected chi connectivity index (χ3v) is 5.70. The Balaban J connectivity index is 1.78. The minimum Gasteiger partial charge on any atom is -0.458 e. The molecular weight excluding hydrogens is 360 g/mol. The van der Waals surface area contributed by atoms with Crippen molar-refractivity contribution in [3.8, 4) is 5.69 Å². The van der Waals surface area contributed by atoms with Crippen LogP contribution in [-0.2, 0) is 16.0 Å². The van der Waals surface area contributed by atoms with Gasteiger partial charge < -0.3 is 4.74 Å². The molecule has 5 heteroatoms. The summed E-state index contributed by atoms with van der Waals surface area (Å²) in [5.74, 6) is -0.489. The van der Waals surface area contributed by atoms with Crippen molar-refractivity contribution < 1.29 is 9.53 Å². The number of nitrogens with zero attached hydrogens (tertiary/aromatic N) is 2. The Labute approximate surface area is 162 Å². The molecule has 5 rings (SSSR count). The maximum absolute atomic E-state index is 12.6. The lowest BCUT2D eigenvalue weighted by molar-refractivity contribution is -0.136. The second-order valence-corrected chi connectivity index (χ2v) is 7.32. The van der Waals surface area contributed by atoms with Crippen LogP contribution >= 0.6 is 11.6 Å². The predicted molar refractivity (Wildman–Crippen MR) is 103 cm³/mol. The number of benzene rings is 2. The third-order valence-electron chi connectivity index (χ3n) is 5.36. The first kappa shape index (κ1) is 16.3. The van der Waals surface area contributed by atoms with E-state index in [1.54, 1.807) is 0 Å². The van der Waals surface area contributed by atoms with Crippen molar-refractivity contribution in [2.75, 3.05) is 6.61 Å². The number of carbonyl (C=O) groups excluding carboxylic acids is 1. The number of aryl methyl sites for hydroxylation is 1. The molecule has 1 aliphatic carbocycles. The van der Waals surface area contributed by atoms with Gasteiger partial charge >= 0.3 is 5.97 Å². The first-order valence-electron chi connectivity index (χ1n) is 8.92. The van der Waals surface area contributed by atoms with E-state index in [0.717, 1.165) is 39.3 Å². The molecule has 2 aromatic carbocycles. The van der Waals surface area contributed by atoms with E-state index in [2.05, 4.69) is 0 Å². The smallest absolute Gasteiger partial charge is 0.335 e. The number of para-hydroxylation sites is 1. The summed E-state index contributed by atoms with van der Waals surface area (Å²) >= 11 is 6.54. The molecule has 0 fully saturated rings. The Hall–Kier alpha value is -2.85. The van der Waals surface area contributed by atoms with Crippen molar-refractivity contribution in [3.63, 3.8) is 0 Å². The molecule has 4 nitrogen and oxygen atoms in total. The van der Waals surface area contributed by atoms with Gasteiger partial charge in [0.25, 0.3) is 0 Å². The minimum atomic E-state index is -0.245. The SMILES string of the molecule is Cc1nn(-c2ccccc2)c2c1C(c1ccccc1Cl)C1=C(COC1=O)C2. The summed E-state index contributed by atoms with van der Waals surface area (Å²) in [7, 11) is 0. The van der Waals surface area contributed by atoms with Gasteiger partial charge in [-0.25, -0.2) is 9.48 Å². The van der Waals surface area contributed by atoms with E-state index < -0.39 is 0 Å². The van der Waals surface area contributed by atoms with E-state index in [-0.39, 0.29) is 11.9 Å². The number of esters is 1. The number of halogens is 1. The fourth-order valence-electron chi connectivity index (χ4n) is 4.20. The molecule has 0 bridgehead atoms. The molecule has 1 atom stereocenters. The van der Waals surface area contributed by atoms with Gasteiger partial charge in [-0.05, 0) is 36.3 Å². The molecule has 0 saturated heterocycles. The van der Waals surface area contributed by atoms with Crippen LogP contribution in [0.5, 0.6) is 0 Å². The van der Waals surface area contributed by atoms with Crippen LogP contribution in [0.4, 0.5) is 0 Å². The Morgan fingerprint density at radius 1 is 1.11 bits per heavy atom. The molecule has 3 aromatic rings. The van der Waals surface area contributed by atoms with Gasteiger partial charge in [-0.1, -0.05) is 48.0 Å². The Morgan fingerprint density at radius 3 is 2.63 bits per heavy atom. The lowest BCUT2D eigenvalue weighted by Gasteiger charge is -2.25. The topological polar surface area (TPSA) is 44.1 Å². The van der Waals surface area contributed by atoms with Crippen LogP contribution in [-0.4, -0.2) is 22.4 Å². The van der Waals surface area contributed by atoms with Crippen LogP contribution in [0.15, 0.2) is 65.7 Å². The number of ether oxygens (including phenoxy) is 1. The maximum atomic E-state index is 12.6. The van der Waals surface area contributed by atoms with Crippen molar-refractivity contribution in [2.24, 2.45) is 0 Å². The van der Waals surface area contributed by atoms with Crippen molar-refractivity contribution in [2.45, 2.75) is 19.3 Å². The largest absolute Gasteiger partial charge is 0.458 e. The Morgan fingerprint density at radius 2 is 1.85 bits per heavy atom. The monoisotopic (exact) mass is 376 g/mol. The summed E-state index contributed by atoms with van der Waals surface area (Å²) in [6.45, 7) is 2.33. The van der Waals surface area contributed by atoms with E-state index in [4.69, 9.17) is 21.4 Å². The lowest BCUT2D eigenvalue weighted by Crippen LogP contribution is -2.19. The van der Waals surface area contributed by atoms with Crippen molar-refractivity contribution in [1.29, 1.82) is 0 Å². The first-order valence-corrected chi connectivity index (χ1v) is 9.30. The molecule has 1 unspecified atom stereocenters. The zero-order chi connectivity index (χ0) is 18.5. The number of aromatic nitrogens is 2. The van der Waals surface area contributed by atoms with Gasteiger partial charge in [0.2, 0.25) is 0 Å². The second-order valence-electron chi connectivity index (χ2n) is 6.92. The van der Waals surface area contributed by atoms with Crippen LogP contribution < -0.4 is 0 Å². The molecule has 0 spiro atoms. The second kappa shape index (κ2) is 6.10. The van der Waals surface area contributed by atoms with Crippen LogP contribution in [0.3, 0.4) is 0 Å². The highest BCUT2D eigenvalue weighted by Gasteiger charge is 2.41. The van der Waals surface area contributed by atoms with Crippen molar-refractivity contribution in [3.05, 3.63) is 93.3 Å². The number of hydrogen-bond acceptors (Lipinski definition) is 3. The Kier molecular flexibility index (Phi) is 3.69. The van der Waals surface area contributed by atoms with Crippen LogP contribution in [0.1, 0.15) is 28.4 Å². The fraction of sp³-hybridized carbons (Fsp3) is 0.182. The maximum Gasteiger partial charge on any atom is 0.335 e. The highest BCUT2D eigenvalue weighted by Crippen LogP contribution is 2.46. The van der Waals surface area contributed by atoms with Gasteiger partial charge in [0.1, 0.15) is 6.61 Å². The van der Waals surface area contributed by atoms with Crippen molar-refractivity contribution >= 4 is 17.6 Å². The summed E-state index contributed by atoms with van der Waals surface area (Å²) in [6, 6.07) is 17.8. The van der Waals surface area contributed by atoms with Crippen molar-refractivity contribution in [1.82, 2.24) is 9.78 Å². The molecular formula is C22H17ClN2O2. The van der Waals surface area contributed by atoms with Crippen LogP contribution in [0.25, 0.3) is 5.69 Å². The van der Waals surface area contributed by atoms with Crippen LogP contribution in [0.2, 0.25) is 5.02 Å². The molecule has 134 valence electrons. The predicted octanol–water partition coefficient (Wildman–Crippen LogP) is 4.38. The standard InChI is InChI=1S/C22H17ClN2O2/c1-13-19-18(25(24-13)15-7-3-2-4-8-15)11-14-12-27-22(26)20(14)21(19)16-9-5-6-10-17(16)23/h2-10,21H,11-12H2,1H3. The molecule has 0 N–H and O–H groups in total. The highest BCUT2D eigenvalue weighted by molar-refractivity contribution is 6.31. The molecule has 2 aliphatic rings. The quantitative estimate of drug-likeness (QED) is 0.623. The number of fused-ring (bicyclic) bond motifs is 1. The molecule has 1 aliphatic heterocycles. The normalized spacial score (nSPS) is 18.3. The van der Waals surface area contributed by atoms with E-state index in [9.17, 15) is 4.79 Å². The minimum absolute atomic E-state index is 0.243. The third kappa shape index (κ3) is 2.44. The van der Waals surface area contributed by atoms with E-state index in [1.807, 2.05) is 66.2 Å². The molecule has 1 aromatic heterocycles. The molecule has 0 radical (unpaired) electrons. The summed E-state index contributed by atoms with van der Waals surface area (Å²) in [5.41, 5.74) is 6.74. The Bertz CT molecular complexity index is 1100. The van der Waals surface area contributed by atoms with E-state index in [1.165, 1.54) is 0 Å². The number of carbonyl (C=O) groups is 1. The summed E-state index contributed by atoms with van der Waals surface area (Å²) in [5, 5.41) is 5.46. The fourth-order valence-corrected chi connectivity index (χ4v) is 4.45. The van der Waals surface area contributed by atoms with E-state index >= 15 is 0 Å². The molecule has 2 heterocycles. The number of cyclic esters (lactones) is 1. The van der Waals surface area contributed by atoms with Crippen LogP contribution in [0, 0.1) is 6.92 Å². The zero-order valence-electron chi connectivity index (χ0n) is 14.8.